The fraction of sp³-hybridized carbons (Fsp3) is 0. The van der Waals surface area contributed by atoms with E-state index in [2.05, 4.69) is 15.5 Å². The van der Waals surface area contributed by atoms with Gasteiger partial charge < -0.3 is 10.4 Å². The van der Waals surface area contributed by atoms with E-state index in [1.165, 1.54) is 0 Å². The van der Waals surface area contributed by atoms with Gasteiger partial charge >= 0.3 is 0 Å². The van der Waals surface area contributed by atoms with Gasteiger partial charge in [0.05, 0.1) is 22.6 Å². The number of aromatic hydroxyl groups is 1. The van der Waals surface area contributed by atoms with Gasteiger partial charge in [0.2, 0.25) is 0 Å². The number of phenols is 1. The first-order valence-electron chi connectivity index (χ1n) is 14.9. The molecule has 1 heterocycles. The van der Waals surface area contributed by atoms with E-state index in [-0.39, 0.29) is 22.8 Å². The molecule has 1 amide bonds. The predicted molar refractivity (Wildman–Crippen MR) is 183 cm³/mol. The minimum atomic E-state index is -0.520. The number of carbonyl (C=O) groups is 2. The summed E-state index contributed by atoms with van der Waals surface area (Å²) in [4.78, 5) is 28.1. The quantitative estimate of drug-likeness (QED) is 0.131. The van der Waals surface area contributed by atoms with Gasteiger partial charge in [-0.3, -0.25) is 9.59 Å². The molecule has 0 aliphatic heterocycles. The number of azo groups is 1. The van der Waals surface area contributed by atoms with Crippen molar-refractivity contribution in [3.05, 3.63) is 168 Å². The van der Waals surface area contributed by atoms with Crippen LogP contribution in [0.3, 0.4) is 0 Å². The summed E-state index contributed by atoms with van der Waals surface area (Å²) in [6, 6.07) is 45.4. The first kappa shape index (κ1) is 29.1. The first-order chi connectivity index (χ1) is 23.1. The van der Waals surface area contributed by atoms with E-state index in [1.54, 1.807) is 65.3 Å². The summed E-state index contributed by atoms with van der Waals surface area (Å²) in [6.45, 7) is 0. The molecule has 0 bridgehead atoms. The van der Waals surface area contributed by atoms with Gasteiger partial charge in [-0.05, 0) is 41.8 Å². The van der Waals surface area contributed by atoms with Crippen molar-refractivity contribution in [2.75, 3.05) is 5.32 Å². The number of nitrogens with zero attached hydrogens (tertiary/aromatic N) is 4. The van der Waals surface area contributed by atoms with Crippen molar-refractivity contribution < 1.29 is 14.7 Å². The molecule has 8 heteroatoms. The number of hydrogen-bond donors (Lipinski definition) is 2. The Labute approximate surface area is 270 Å². The Morgan fingerprint density at radius 1 is 0.681 bits per heavy atom. The van der Waals surface area contributed by atoms with Crippen LogP contribution in [0, 0.1) is 0 Å². The maximum atomic E-state index is 14.2. The van der Waals surface area contributed by atoms with Crippen molar-refractivity contribution >= 4 is 39.5 Å². The molecule has 0 saturated heterocycles. The summed E-state index contributed by atoms with van der Waals surface area (Å²) < 4.78 is 1.60. The van der Waals surface area contributed by atoms with Crippen LogP contribution in [-0.4, -0.2) is 26.6 Å². The highest BCUT2D eigenvalue weighted by Gasteiger charge is 2.30. The number of ketones is 1. The number of rotatable bonds is 8. The smallest absolute Gasteiger partial charge is 0.276 e. The molecule has 2 N–H and O–H groups in total. The molecule has 0 unspecified atom stereocenters. The summed E-state index contributed by atoms with van der Waals surface area (Å²) in [7, 11) is 0. The zero-order chi connectivity index (χ0) is 32.2. The van der Waals surface area contributed by atoms with E-state index < -0.39 is 5.91 Å². The number of nitrogens with one attached hydrogen (secondary N) is 1. The molecule has 0 radical (unpaired) electrons. The molecular weight excluding hydrogens is 586 g/mol. The van der Waals surface area contributed by atoms with Gasteiger partial charge in [0.15, 0.2) is 11.5 Å². The molecule has 0 spiro atoms. The molecule has 47 heavy (non-hydrogen) atoms. The Morgan fingerprint density at radius 2 is 1.36 bits per heavy atom. The van der Waals surface area contributed by atoms with Crippen LogP contribution in [0.5, 0.6) is 5.75 Å². The van der Waals surface area contributed by atoms with Crippen LogP contribution in [0.2, 0.25) is 0 Å². The van der Waals surface area contributed by atoms with Crippen LogP contribution >= 0.6 is 0 Å². The molecular formula is C39H27N5O3. The number of hydrogen-bond acceptors (Lipinski definition) is 6. The molecule has 226 valence electrons. The zero-order valence-electron chi connectivity index (χ0n) is 25.0. The third-order valence-corrected chi connectivity index (χ3v) is 7.66. The lowest BCUT2D eigenvalue weighted by molar-refractivity contribution is 0.0993. The highest BCUT2D eigenvalue weighted by atomic mass is 16.3. The maximum absolute atomic E-state index is 14.2. The number of anilines is 1. The van der Waals surface area contributed by atoms with Crippen LogP contribution in [-0.2, 0) is 0 Å². The monoisotopic (exact) mass is 613 g/mol. The van der Waals surface area contributed by atoms with E-state index in [9.17, 15) is 14.7 Å². The Morgan fingerprint density at radius 3 is 2.13 bits per heavy atom. The minimum Gasteiger partial charge on any atom is -0.506 e. The Bertz CT molecular complexity index is 2260. The molecule has 6 aromatic carbocycles. The minimum absolute atomic E-state index is 0.0141. The van der Waals surface area contributed by atoms with Gasteiger partial charge in [-0.15, -0.1) is 5.11 Å². The molecule has 7 aromatic rings. The van der Waals surface area contributed by atoms with Gasteiger partial charge in [-0.25, -0.2) is 4.68 Å². The summed E-state index contributed by atoms with van der Waals surface area (Å²) in [5.74, 6) is -0.843. The van der Waals surface area contributed by atoms with Crippen LogP contribution in [0.1, 0.15) is 26.4 Å². The summed E-state index contributed by atoms with van der Waals surface area (Å²) in [6.07, 6.45) is 0. The summed E-state index contributed by atoms with van der Waals surface area (Å²) >= 11 is 0. The van der Waals surface area contributed by atoms with E-state index in [4.69, 9.17) is 5.10 Å². The van der Waals surface area contributed by atoms with Crippen molar-refractivity contribution in [1.29, 1.82) is 0 Å². The van der Waals surface area contributed by atoms with Gasteiger partial charge in [0.25, 0.3) is 5.91 Å². The highest BCUT2D eigenvalue weighted by molar-refractivity contribution is 6.20. The number of phenolic OH excluding ortho intramolecular Hbond substituents is 1. The molecule has 0 atom stereocenters. The third kappa shape index (κ3) is 5.91. The number of carbonyl (C=O) groups excluding carboxylic acids is 2. The molecule has 0 fully saturated rings. The van der Waals surface area contributed by atoms with Crippen molar-refractivity contribution in [2.45, 2.75) is 0 Å². The second-order valence-corrected chi connectivity index (χ2v) is 10.7. The second kappa shape index (κ2) is 12.7. The molecule has 0 aliphatic rings. The summed E-state index contributed by atoms with van der Waals surface area (Å²) in [5, 5.41) is 28.8. The molecule has 0 aliphatic carbocycles. The van der Waals surface area contributed by atoms with Crippen molar-refractivity contribution in [3.63, 3.8) is 0 Å². The van der Waals surface area contributed by atoms with Crippen molar-refractivity contribution in [2.24, 2.45) is 10.2 Å². The average molecular weight is 614 g/mol. The molecule has 0 saturated carbocycles. The number of amides is 1. The predicted octanol–water partition coefficient (Wildman–Crippen LogP) is 9.30. The van der Waals surface area contributed by atoms with E-state index in [0.29, 0.717) is 39.6 Å². The van der Waals surface area contributed by atoms with Gasteiger partial charge in [0.1, 0.15) is 11.4 Å². The number of aromatic nitrogens is 2. The Kier molecular flexibility index (Phi) is 7.88. The summed E-state index contributed by atoms with van der Waals surface area (Å²) in [5.41, 5.74) is 3.70. The van der Waals surface area contributed by atoms with Crippen LogP contribution in [0.4, 0.5) is 17.1 Å². The number of para-hydroxylation sites is 1. The van der Waals surface area contributed by atoms with E-state index in [1.807, 2.05) is 91.0 Å². The fourth-order valence-electron chi connectivity index (χ4n) is 5.43. The average Bonchev–Trinajstić information content (AvgIpc) is 3.53. The largest absolute Gasteiger partial charge is 0.506 e. The first-order valence-corrected chi connectivity index (χ1v) is 14.9. The second-order valence-electron chi connectivity index (χ2n) is 10.7. The Hall–Kier alpha value is -6.67. The molecule has 8 nitrogen and oxygen atoms in total. The van der Waals surface area contributed by atoms with Gasteiger partial charge in [-0.2, -0.15) is 10.2 Å². The molecule has 1 aromatic heterocycles. The van der Waals surface area contributed by atoms with Crippen molar-refractivity contribution in [1.82, 2.24) is 9.78 Å². The lowest BCUT2D eigenvalue weighted by Crippen LogP contribution is -2.17. The topological polar surface area (TPSA) is 109 Å². The molecule has 7 rings (SSSR count). The Balaban J connectivity index is 1.39. The van der Waals surface area contributed by atoms with Crippen LogP contribution in [0.15, 0.2) is 162 Å². The maximum Gasteiger partial charge on any atom is 0.276 e. The highest BCUT2D eigenvalue weighted by Crippen LogP contribution is 2.37. The van der Waals surface area contributed by atoms with Crippen molar-refractivity contribution in [3.8, 4) is 22.7 Å². The normalized spacial score (nSPS) is 11.1. The van der Waals surface area contributed by atoms with Gasteiger partial charge in [-0.1, -0.05) is 115 Å². The van der Waals surface area contributed by atoms with Crippen LogP contribution < -0.4 is 5.32 Å². The standard InChI is InChI=1S/C39H27N5O3/c45-33-24-23-26-13-10-11-22-32(26)35(33)42-41-30-20-12-21-31(25-30)44-37(27-14-4-1-5-15-27)34(38(46)28-16-6-2-7-17-28)36(43-44)39(47)40-29-18-8-3-9-19-29/h1-25,45H,(H,40,47). The number of benzene rings is 6. The lowest BCUT2D eigenvalue weighted by Gasteiger charge is -2.11. The SMILES string of the molecule is O=C(Nc1ccccc1)c1nn(-c2cccc(N=Nc3c(O)ccc4ccccc34)c2)c(-c2ccccc2)c1C(=O)c1ccccc1. The third-order valence-electron chi connectivity index (χ3n) is 7.66. The van der Waals surface area contributed by atoms with Crippen LogP contribution in [0.25, 0.3) is 27.7 Å². The zero-order valence-corrected chi connectivity index (χ0v) is 25.0. The number of fused-ring (bicyclic) bond motifs is 1. The van der Waals surface area contributed by atoms with E-state index >= 15 is 0 Å². The lowest BCUT2D eigenvalue weighted by atomic mass is 9.97. The van der Waals surface area contributed by atoms with Gasteiger partial charge in [0, 0.05) is 22.2 Å². The fourth-order valence-corrected chi connectivity index (χ4v) is 5.43. The van der Waals surface area contributed by atoms with E-state index in [0.717, 1.165) is 10.8 Å².